The summed E-state index contributed by atoms with van der Waals surface area (Å²) in [5.41, 5.74) is 4.66. The molecule has 0 radical (unpaired) electrons. The summed E-state index contributed by atoms with van der Waals surface area (Å²) >= 11 is 0. The van der Waals surface area contributed by atoms with Crippen LogP contribution in [0.5, 0.6) is 0 Å². The fraction of sp³-hybridized carbons (Fsp3) is 0. The standard InChI is InChI=1S/C19H13N3.C13H9N3/c1-2-5-16(6-3-1)8-9-18-14-21-19(22-15-18)11-10-17-7-4-12-20-13-17;1-2-11-9-15-13(16-10-11)6-5-12-4-3-7-14-8-12/h1-9,12-15H;2-4,7-10H,1H2/b9-8+;. The molecule has 4 aromatic heterocycles. The molecule has 0 saturated carbocycles. The molecule has 1 aromatic carbocycles. The SMILES string of the molecule is C(#Cc1ncc(/C=C/c2ccccc2)cn1)c1cccnc1.C=Cc1cnc(C#Cc2cccnc2)nc1. The van der Waals surface area contributed by atoms with Crippen LogP contribution >= 0.6 is 0 Å². The molecule has 5 rings (SSSR count). The van der Waals surface area contributed by atoms with Gasteiger partial charge in [0.25, 0.3) is 0 Å². The monoisotopic (exact) mass is 490 g/mol. The van der Waals surface area contributed by atoms with E-state index in [1.807, 2.05) is 66.7 Å². The van der Waals surface area contributed by atoms with Gasteiger partial charge in [-0.2, -0.15) is 0 Å². The number of hydrogen-bond acceptors (Lipinski definition) is 6. The largest absolute Gasteiger partial charge is 0.263 e. The quantitative estimate of drug-likeness (QED) is 0.317. The summed E-state index contributed by atoms with van der Waals surface area (Å²) in [6.07, 6.45) is 19.4. The Labute approximate surface area is 222 Å². The summed E-state index contributed by atoms with van der Waals surface area (Å²) in [6, 6.07) is 17.6. The Balaban J connectivity index is 0.000000186. The van der Waals surface area contributed by atoms with Crippen LogP contribution in [0.25, 0.3) is 18.2 Å². The molecule has 5 aromatic rings. The van der Waals surface area contributed by atoms with E-state index in [1.54, 1.807) is 55.7 Å². The number of benzene rings is 1. The van der Waals surface area contributed by atoms with Crippen molar-refractivity contribution in [2.75, 3.05) is 0 Å². The van der Waals surface area contributed by atoms with Crippen LogP contribution in [-0.4, -0.2) is 29.9 Å². The van der Waals surface area contributed by atoms with E-state index in [1.165, 1.54) is 0 Å². The van der Waals surface area contributed by atoms with Gasteiger partial charge in [-0.25, -0.2) is 19.9 Å². The Kier molecular flexibility index (Phi) is 9.34. The summed E-state index contributed by atoms with van der Waals surface area (Å²) in [6.45, 7) is 3.63. The highest BCUT2D eigenvalue weighted by atomic mass is 14.9. The molecule has 0 aliphatic heterocycles. The molecule has 0 fully saturated rings. The van der Waals surface area contributed by atoms with Crippen molar-refractivity contribution in [2.45, 2.75) is 0 Å². The zero-order chi connectivity index (χ0) is 26.3. The lowest BCUT2D eigenvalue weighted by molar-refractivity contribution is 1.12. The second-order valence-electron chi connectivity index (χ2n) is 7.61. The molecule has 0 atom stereocenters. The van der Waals surface area contributed by atoms with E-state index >= 15 is 0 Å². The summed E-state index contributed by atoms with van der Waals surface area (Å²) in [4.78, 5) is 24.7. The lowest BCUT2D eigenvalue weighted by Gasteiger charge is -1.94. The lowest BCUT2D eigenvalue weighted by Crippen LogP contribution is -1.88. The minimum atomic E-state index is 0.495. The summed E-state index contributed by atoms with van der Waals surface area (Å²) in [7, 11) is 0. The van der Waals surface area contributed by atoms with Crippen LogP contribution in [-0.2, 0) is 0 Å². The van der Waals surface area contributed by atoms with Crippen LogP contribution in [0.3, 0.4) is 0 Å². The Morgan fingerprint density at radius 2 is 1.00 bits per heavy atom. The first-order chi connectivity index (χ1) is 18.8. The summed E-state index contributed by atoms with van der Waals surface area (Å²) in [5.74, 6) is 12.7. The molecular formula is C32H22N6. The minimum Gasteiger partial charge on any atom is -0.263 e. The molecule has 0 saturated heterocycles. The van der Waals surface area contributed by atoms with E-state index in [0.717, 1.165) is 27.8 Å². The van der Waals surface area contributed by atoms with Gasteiger partial charge in [-0.1, -0.05) is 67.0 Å². The Morgan fingerprint density at radius 3 is 1.47 bits per heavy atom. The normalized spacial score (nSPS) is 9.68. The van der Waals surface area contributed by atoms with Gasteiger partial charge in [-0.05, 0) is 41.7 Å². The molecule has 0 aliphatic carbocycles. The van der Waals surface area contributed by atoms with Crippen molar-refractivity contribution < 1.29 is 0 Å². The number of aromatic nitrogens is 6. The Bertz CT molecular complexity index is 1590. The second kappa shape index (κ2) is 14.0. The molecule has 0 aliphatic rings. The van der Waals surface area contributed by atoms with Crippen molar-refractivity contribution in [2.24, 2.45) is 0 Å². The van der Waals surface area contributed by atoms with E-state index in [-0.39, 0.29) is 0 Å². The fourth-order valence-electron chi connectivity index (χ4n) is 2.88. The second-order valence-corrected chi connectivity index (χ2v) is 7.61. The molecule has 6 heteroatoms. The van der Waals surface area contributed by atoms with Crippen LogP contribution < -0.4 is 0 Å². The molecule has 0 spiro atoms. The number of pyridine rings is 2. The van der Waals surface area contributed by atoms with Gasteiger partial charge in [0.05, 0.1) is 0 Å². The predicted molar refractivity (Wildman–Crippen MR) is 150 cm³/mol. The average Bonchev–Trinajstić information content (AvgIpc) is 3.00. The van der Waals surface area contributed by atoms with Crippen molar-refractivity contribution in [1.29, 1.82) is 0 Å². The van der Waals surface area contributed by atoms with Gasteiger partial charge in [0, 0.05) is 71.8 Å². The molecule has 4 heterocycles. The smallest absolute Gasteiger partial charge is 0.205 e. The number of rotatable bonds is 3. The maximum atomic E-state index is 4.25. The van der Waals surface area contributed by atoms with Crippen LogP contribution in [0.15, 0.2) is 111 Å². The topological polar surface area (TPSA) is 77.3 Å². The average molecular weight is 491 g/mol. The van der Waals surface area contributed by atoms with Gasteiger partial charge in [0.2, 0.25) is 11.6 Å². The van der Waals surface area contributed by atoms with Crippen molar-refractivity contribution in [3.8, 4) is 23.7 Å². The van der Waals surface area contributed by atoms with Gasteiger partial charge in [0.15, 0.2) is 0 Å². The van der Waals surface area contributed by atoms with E-state index < -0.39 is 0 Å². The lowest BCUT2D eigenvalue weighted by atomic mass is 10.2. The predicted octanol–water partition coefficient (Wildman–Crippen LogP) is 5.36. The van der Waals surface area contributed by atoms with Gasteiger partial charge >= 0.3 is 0 Å². The Hall–Kier alpha value is -5.72. The molecule has 38 heavy (non-hydrogen) atoms. The summed E-state index contributed by atoms with van der Waals surface area (Å²) in [5, 5.41) is 0. The fourth-order valence-corrected chi connectivity index (χ4v) is 2.88. The van der Waals surface area contributed by atoms with Crippen molar-refractivity contribution in [3.05, 3.63) is 150 Å². The van der Waals surface area contributed by atoms with Crippen LogP contribution in [0, 0.1) is 23.7 Å². The maximum absolute atomic E-state index is 4.25. The molecule has 0 bridgehead atoms. The molecule has 0 N–H and O–H groups in total. The summed E-state index contributed by atoms with van der Waals surface area (Å²) < 4.78 is 0. The van der Waals surface area contributed by atoms with Gasteiger partial charge < -0.3 is 0 Å². The van der Waals surface area contributed by atoms with E-state index in [2.05, 4.69) is 60.2 Å². The highest BCUT2D eigenvalue weighted by Crippen LogP contribution is 2.06. The van der Waals surface area contributed by atoms with Crippen molar-refractivity contribution in [1.82, 2.24) is 29.9 Å². The first-order valence-electron chi connectivity index (χ1n) is 11.6. The molecule has 6 nitrogen and oxygen atoms in total. The van der Waals surface area contributed by atoms with Crippen molar-refractivity contribution in [3.63, 3.8) is 0 Å². The zero-order valence-corrected chi connectivity index (χ0v) is 20.4. The third-order valence-electron chi connectivity index (χ3n) is 4.81. The van der Waals surface area contributed by atoms with Crippen molar-refractivity contribution >= 4 is 18.2 Å². The van der Waals surface area contributed by atoms with Gasteiger partial charge in [-0.3, -0.25) is 9.97 Å². The highest BCUT2D eigenvalue weighted by molar-refractivity contribution is 5.68. The van der Waals surface area contributed by atoms with Gasteiger partial charge in [-0.15, -0.1) is 0 Å². The third-order valence-corrected chi connectivity index (χ3v) is 4.81. The molecule has 0 amide bonds. The maximum Gasteiger partial charge on any atom is 0.205 e. The first-order valence-corrected chi connectivity index (χ1v) is 11.6. The third kappa shape index (κ3) is 8.49. The van der Waals surface area contributed by atoms with Crippen LogP contribution in [0.1, 0.15) is 39.5 Å². The molecule has 180 valence electrons. The number of hydrogen-bond donors (Lipinski definition) is 0. The van der Waals surface area contributed by atoms with E-state index in [4.69, 9.17) is 0 Å². The highest BCUT2D eigenvalue weighted by Gasteiger charge is 1.93. The molecule has 0 unspecified atom stereocenters. The first kappa shape index (κ1) is 25.4. The van der Waals surface area contributed by atoms with Crippen LogP contribution in [0.4, 0.5) is 0 Å². The molecular weight excluding hydrogens is 468 g/mol. The van der Waals surface area contributed by atoms with E-state index in [0.29, 0.717) is 11.6 Å². The van der Waals surface area contributed by atoms with E-state index in [9.17, 15) is 0 Å². The van der Waals surface area contributed by atoms with Gasteiger partial charge in [0.1, 0.15) is 0 Å². The Morgan fingerprint density at radius 1 is 0.500 bits per heavy atom. The zero-order valence-electron chi connectivity index (χ0n) is 20.4. The minimum absolute atomic E-state index is 0.495. The van der Waals surface area contributed by atoms with Crippen LogP contribution in [0.2, 0.25) is 0 Å². The number of nitrogens with zero attached hydrogens (tertiary/aromatic N) is 6.